The molecule has 4 unspecified atom stereocenters. The average molecular weight is 277 g/mol. The molecule has 3 heteroatoms. The number of nitrogens with zero attached hydrogens (tertiary/aromatic N) is 2. The zero-order valence-electron chi connectivity index (χ0n) is 13.5. The zero-order chi connectivity index (χ0) is 14.6. The van der Waals surface area contributed by atoms with Crippen molar-refractivity contribution in [2.45, 2.75) is 57.9 Å². The molecule has 20 heavy (non-hydrogen) atoms. The first kappa shape index (κ1) is 15.8. The smallest absolute Gasteiger partial charge is 0.103 e. The van der Waals surface area contributed by atoms with Crippen molar-refractivity contribution in [3.05, 3.63) is 0 Å². The molecule has 0 aromatic rings. The molecule has 3 nitrogen and oxygen atoms in total. The molecule has 1 N–H and O–H groups in total. The van der Waals surface area contributed by atoms with Crippen molar-refractivity contribution in [3.8, 4) is 6.07 Å². The van der Waals surface area contributed by atoms with Crippen molar-refractivity contribution in [1.29, 1.82) is 5.26 Å². The highest BCUT2D eigenvalue weighted by molar-refractivity contribution is 5.03. The van der Waals surface area contributed by atoms with E-state index in [0.29, 0.717) is 0 Å². The molecule has 0 saturated heterocycles. The van der Waals surface area contributed by atoms with E-state index in [9.17, 15) is 5.26 Å². The first-order chi connectivity index (χ1) is 9.56. The fourth-order valence-corrected chi connectivity index (χ4v) is 4.37. The molecule has 2 bridgehead atoms. The third-order valence-electron chi connectivity index (χ3n) is 5.46. The largest absolute Gasteiger partial charge is 0.306 e. The second-order valence-corrected chi connectivity index (χ2v) is 7.27. The van der Waals surface area contributed by atoms with Crippen LogP contribution in [0.4, 0.5) is 0 Å². The molecule has 0 radical (unpaired) electrons. The van der Waals surface area contributed by atoms with Crippen LogP contribution in [0.25, 0.3) is 0 Å². The Morgan fingerprint density at radius 1 is 1.35 bits per heavy atom. The van der Waals surface area contributed by atoms with Crippen LogP contribution in [0, 0.1) is 29.1 Å². The van der Waals surface area contributed by atoms with Crippen molar-refractivity contribution >= 4 is 0 Å². The fraction of sp³-hybridized carbons (Fsp3) is 0.941. The van der Waals surface area contributed by atoms with Gasteiger partial charge in [0.15, 0.2) is 0 Å². The first-order valence-electron chi connectivity index (χ1n) is 8.41. The van der Waals surface area contributed by atoms with E-state index in [4.69, 9.17) is 0 Å². The minimum absolute atomic E-state index is 0.345. The second-order valence-electron chi connectivity index (χ2n) is 7.27. The maximum absolute atomic E-state index is 9.26. The summed E-state index contributed by atoms with van der Waals surface area (Å²) in [6.45, 7) is 7.34. The maximum atomic E-state index is 9.26. The van der Waals surface area contributed by atoms with E-state index >= 15 is 0 Å². The van der Waals surface area contributed by atoms with Crippen LogP contribution in [0.15, 0.2) is 0 Å². The first-order valence-corrected chi connectivity index (χ1v) is 8.41. The van der Waals surface area contributed by atoms with Gasteiger partial charge in [-0.3, -0.25) is 5.32 Å². The second kappa shape index (κ2) is 6.91. The molecule has 0 aromatic carbocycles. The highest BCUT2D eigenvalue weighted by Crippen LogP contribution is 2.48. The van der Waals surface area contributed by atoms with Gasteiger partial charge in [-0.15, -0.1) is 0 Å². The normalized spacial score (nSPS) is 31.4. The van der Waals surface area contributed by atoms with Gasteiger partial charge in [0.1, 0.15) is 5.54 Å². The average Bonchev–Trinajstić information content (AvgIpc) is 3.01. The highest BCUT2D eigenvalue weighted by atomic mass is 15.1. The third kappa shape index (κ3) is 3.96. The SMILES string of the molecule is CCNC(C)(C#N)CCCN(C)CC1CC2CCC1C2. The molecular weight excluding hydrogens is 246 g/mol. The van der Waals surface area contributed by atoms with Crippen LogP contribution in [-0.4, -0.2) is 37.1 Å². The van der Waals surface area contributed by atoms with E-state index in [-0.39, 0.29) is 5.54 Å². The molecule has 0 aromatic heterocycles. The summed E-state index contributed by atoms with van der Waals surface area (Å²) in [5.41, 5.74) is -0.345. The fourth-order valence-electron chi connectivity index (χ4n) is 4.37. The van der Waals surface area contributed by atoms with Gasteiger partial charge in [-0.2, -0.15) is 5.26 Å². The van der Waals surface area contributed by atoms with Gasteiger partial charge in [-0.1, -0.05) is 13.3 Å². The lowest BCUT2D eigenvalue weighted by molar-refractivity contribution is 0.213. The molecule has 0 spiro atoms. The van der Waals surface area contributed by atoms with E-state index in [1.165, 1.54) is 32.2 Å². The Bertz CT molecular complexity index is 349. The van der Waals surface area contributed by atoms with Crippen molar-refractivity contribution in [3.63, 3.8) is 0 Å². The van der Waals surface area contributed by atoms with Gasteiger partial charge in [0.2, 0.25) is 0 Å². The van der Waals surface area contributed by atoms with Crippen LogP contribution in [0.3, 0.4) is 0 Å². The summed E-state index contributed by atoms with van der Waals surface area (Å²) >= 11 is 0. The minimum Gasteiger partial charge on any atom is -0.306 e. The molecule has 2 fully saturated rings. The summed E-state index contributed by atoms with van der Waals surface area (Å²) in [5.74, 6) is 3.03. The number of fused-ring (bicyclic) bond motifs is 2. The van der Waals surface area contributed by atoms with E-state index in [2.05, 4.69) is 30.3 Å². The Morgan fingerprint density at radius 2 is 2.15 bits per heavy atom. The molecule has 2 aliphatic rings. The Morgan fingerprint density at radius 3 is 2.70 bits per heavy atom. The van der Waals surface area contributed by atoms with Gasteiger partial charge < -0.3 is 4.90 Å². The molecule has 2 aliphatic carbocycles. The Labute approximate surface area is 124 Å². The predicted molar refractivity (Wildman–Crippen MR) is 83.4 cm³/mol. The molecular formula is C17H31N3. The van der Waals surface area contributed by atoms with E-state index in [1.807, 2.05) is 6.92 Å². The van der Waals surface area contributed by atoms with Crippen LogP contribution in [0.1, 0.15) is 52.4 Å². The lowest BCUT2D eigenvalue weighted by atomic mass is 9.88. The van der Waals surface area contributed by atoms with Crippen molar-refractivity contribution in [2.24, 2.45) is 17.8 Å². The predicted octanol–water partition coefficient (Wildman–Crippen LogP) is 3.03. The molecule has 114 valence electrons. The van der Waals surface area contributed by atoms with Gasteiger partial charge >= 0.3 is 0 Å². The quantitative estimate of drug-likeness (QED) is 0.741. The zero-order valence-corrected chi connectivity index (χ0v) is 13.5. The number of nitrogens with one attached hydrogen (secondary N) is 1. The molecule has 2 saturated carbocycles. The summed E-state index contributed by atoms with van der Waals surface area (Å²) < 4.78 is 0. The van der Waals surface area contributed by atoms with Crippen LogP contribution >= 0.6 is 0 Å². The molecule has 2 rings (SSSR count). The van der Waals surface area contributed by atoms with Crippen LogP contribution < -0.4 is 5.32 Å². The van der Waals surface area contributed by atoms with Crippen molar-refractivity contribution < 1.29 is 0 Å². The van der Waals surface area contributed by atoms with Crippen LogP contribution in [0.5, 0.6) is 0 Å². The lowest BCUT2D eigenvalue weighted by Crippen LogP contribution is -2.41. The van der Waals surface area contributed by atoms with Crippen molar-refractivity contribution in [2.75, 3.05) is 26.7 Å². The highest BCUT2D eigenvalue weighted by Gasteiger charge is 2.39. The summed E-state index contributed by atoms with van der Waals surface area (Å²) in [4.78, 5) is 2.50. The topological polar surface area (TPSA) is 39.1 Å². The summed E-state index contributed by atoms with van der Waals surface area (Å²) in [7, 11) is 2.25. The van der Waals surface area contributed by atoms with Crippen LogP contribution in [-0.2, 0) is 0 Å². The number of rotatable bonds is 8. The van der Waals surface area contributed by atoms with Gasteiger partial charge in [-0.25, -0.2) is 0 Å². The van der Waals surface area contributed by atoms with Gasteiger partial charge in [0.25, 0.3) is 0 Å². The monoisotopic (exact) mass is 277 g/mol. The minimum atomic E-state index is -0.345. The number of hydrogen-bond acceptors (Lipinski definition) is 3. The molecule has 0 aliphatic heterocycles. The summed E-state index contributed by atoms with van der Waals surface area (Å²) in [5, 5.41) is 12.6. The van der Waals surface area contributed by atoms with Crippen molar-refractivity contribution in [1.82, 2.24) is 10.2 Å². The summed E-state index contributed by atoms with van der Waals surface area (Å²) in [6, 6.07) is 2.42. The standard InChI is InChI=1S/C17H31N3/c1-4-19-17(2,13-18)8-5-9-20(3)12-16-11-14-6-7-15(16)10-14/h14-16,19H,4-12H2,1-3H3. The van der Waals surface area contributed by atoms with Gasteiger partial charge in [-0.05, 0) is 76.9 Å². The number of nitriles is 1. The lowest BCUT2D eigenvalue weighted by Gasteiger charge is -2.28. The molecule has 0 heterocycles. The summed E-state index contributed by atoms with van der Waals surface area (Å²) in [6.07, 6.45) is 8.00. The Hall–Kier alpha value is -0.590. The van der Waals surface area contributed by atoms with E-state index in [0.717, 1.165) is 43.7 Å². The molecule has 0 amide bonds. The van der Waals surface area contributed by atoms with E-state index in [1.54, 1.807) is 0 Å². The third-order valence-corrected chi connectivity index (χ3v) is 5.46. The maximum Gasteiger partial charge on any atom is 0.103 e. The van der Waals surface area contributed by atoms with E-state index < -0.39 is 0 Å². The van der Waals surface area contributed by atoms with Gasteiger partial charge in [0.05, 0.1) is 6.07 Å². The van der Waals surface area contributed by atoms with Gasteiger partial charge in [0, 0.05) is 6.54 Å². The Balaban J connectivity index is 1.65. The molecule has 4 atom stereocenters. The Kier molecular flexibility index (Phi) is 5.46. The van der Waals surface area contributed by atoms with Crippen LogP contribution in [0.2, 0.25) is 0 Å². The number of hydrogen-bond donors (Lipinski definition) is 1.